The number of carbonyl (C=O) groups is 2. The van der Waals surface area contributed by atoms with Crippen LogP contribution in [-0.2, 0) is 11.3 Å². The zero-order valence-electron chi connectivity index (χ0n) is 15.8. The van der Waals surface area contributed by atoms with Gasteiger partial charge in [0.05, 0.1) is 0 Å². The predicted molar refractivity (Wildman–Crippen MR) is 102 cm³/mol. The molecule has 0 radical (unpaired) electrons. The number of hydrogen-bond acceptors (Lipinski definition) is 3. The largest absolute Gasteiger partial charge is 0.355 e. The smallest absolute Gasteiger partial charge is 0.320 e. The molecule has 1 aromatic rings. The van der Waals surface area contributed by atoms with Crippen molar-refractivity contribution < 1.29 is 14.0 Å². The minimum absolute atomic E-state index is 0.0997. The summed E-state index contributed by atoms with van der Waals surface area (Å²) >= 11 is 0. The summed E-state index contributed by atoms with van der Waals surface area (Å²) in [4.78, 5) is 30.3. The Hall–Kier alpha value is -2.15. The molecule has 2 aliphatic rings. The second kappa shape index (κ2) is 9.69. The van der Waals surface area contributed by atoms with Crippen LogP contribution >= 0.6 is 0 Å². The molecule has 6 nitrogen and oxygen atoms in total. The van der Waals surface area contributed by atoms with Crippen molar-refractivity contribution in [2.75, 3.05) is 45.8 Å². The van der Waals surface area contributed by atoms with E-state index in [0.717, 1.165) is 18.5 Å². The minimum Gasteiger partial charge on any atom is -0.355 e. The quantitative estimate of drug-likeness (QED) is 0.707. The number of halogens is 1. The molecule has 1 aromatic carbocycles. The van der Waals surface area contributed by atoms with Crippen LogP contribution < -0.4 is 5.32 Å². The average molecular weight is 376 g/mol. The second-order valence-corrected chi connectivity index (χ2v) is 7.36. The number of urea groups is 1. The van der Waals surface area contributed by atoms with Crippen LogP contribution in [0.1, 0.15) is 31.2 Å². The Morgan fingerprint density at radius 1 is 1.00 bits per heavy atom. The molecular weight excluding hydrogens is 347 g/mol. The van der Waals surface area contributed by atoms with Gasteiger partial charge in [-0.05, 0) is 56.6 Å². The Balaban J connectivity index is 1.34. The molecule has 0 aromatic heterocycles. The molecule has 3 amide bonds. The van der Waals surface area contributed by atoms with Crippen molar-refractivity contribution in [1.82, 2.24) is 20.0 Å². The molecule has 0 spiro atoms. The normalized spacial score (nSPS) is 18.2. The molecule has 0 unspecified atom stereocenters. The monoisotopic (exact) mass is 376 g/mol. The third-order valence-corrected chi connectivity index (χ3v) is 5.22. The van der Waals surface area contributed by atoms with Gasteiger partial charge in [-0.15, -0.1) is 0 Å². The van der Waals surface area contributed by atoms with E-state index in [-0.39, 0.29) is 24.3 Å². The van der Waals surface area contributed by atoms with Crippen LogP contribution in [0.4, 0.5) is 9.18 Å². The van der Waals surface area contributed by atoms with Crippen molar-refractivity contribution in [2.45, 2.75) is 32.2 Å². The van der Waals surface area contributed by atoms with Crippen LogP contribution in [0.25, 0.3) is 0 Å². The second-order valence-electron chi connectivity index (χ2n) is 7.36. The van der Waals surface area contributed by atoms with E-state index < -0.39 is 0 Å². The fraction of sp³-hybridized carbons (Fsp3) is 0.600. The number of piperidine rings is 1. The molecule has 0 bridgehead atoms. The Morgan fingerprint density at radius 2 is 1.70 bits per heavy atom. The van der Waals surface area contributed by atoms with Gasteiger partial charge in [0.25, 0.3) is 0 Å². The van der Waals surface area contributed by atoms with Gasteiger partial charge in [-0.2, -0.15) is 0 Å². The summed E-state index contributed by atoms with van der Waals surface area (Å²) in [6, 6.07) is 6.01. The number of carbonyl (C=O) groups excluding carboxylic acids is 2. The molecule has 1 N–H and O–H groups in total. The van der Waals surface area contributed by atoms with Crippen molar-refractivity contribution in [3.05, 3.63) is 35.6 Å². The Morgan fingerprint density at radius 3 is 2.44 bits per heavy atom. The summed E-state index contributed by atoms with van der Waals surface area (Å²) in [6.45, 7) is 5.67. The summed E-state index contributed by atoms with van der Waals surface area (Å²) in [6.07, 6.45) is 4.82. The van der Waals surface area contributed by atoms with Gasteiger partial charge in [0.15, 0.2) is 0 Å². The maximum Gasteiger partial charge on any atom is 0.320 e. The van der Waals surface area contributed by atoms with Crippen LogP contribution in [0, 0.1) is 5.82 Å². The Bertz CT molecular complexity index is 631. The SMILES string of the molecule is O=C(CN1CCN(Cc2ccc(F)cc2)C1=O)NCCCN1CCCCC1. The number of likely N-dealkylation sites (tertiary alicyclic amines) is 1. The van der Waals surface area contributed by atoms with E-state index in [1.807, 2.05) is 0 Å². The highest BCUT2D eigenvalue weighted by Gasteiger charge is 2.29. The lowest BCUT2D eigenvalue weighted by Gasteiger charge is -2.26. The van der Waals surface area contributed by atoms with Crippen LogP contribution in [0.2, 0.25) is 0 Å². The molecule has 148 valence electrons. The third kappa shape index (κ3) is 5.92. The van der Waals surface area contributed by atoms with Crippen LogP contribution in [0.3, 0.4) is 0 Å². The van der Waals surface area contributed by atoms with E-state index in [9.17, 15) is 14.0 Å². The highest BCUT2D eigenvalue weighted by atomic mass is 19.1. The lowest BCUT2D eigenvalue weighted by atomic mass is 10.1. The van der Waals surface area contributed by atoms with Crippen molar-refractivity contribution in [3.63, 3.8) is 0 Å². The standard InChI is InChI=1S/C20H29FN4O2/c21-18-7-5-17(6-8-18)15-24-13-14-25(20(24)27)16-19(26)22-9-4-12-23-10-2-1-3-11-23/h5-8H,1-4,9-16H2,(H,22,26). The topological polar surface area (TPSA) is 55.9 Å². The number of nitrogens with zero attached hydrogens (tertiary/aromatic N) is 3. The third-order valence-electron chi connectivity index (χ3n) is 5.22. The number of nitrogens with one attached hydrogen (secondary N) is 1. The zero-order chi connectivity index (χ0) is 19.1. The zero-order valence-corrected chi connectivity index (χ0v) is 15.8. The van der Waals surface area contributed by atoms with Crippen molar-refractivity contribution >= 4 is 11.9 Å². The van der Waals surface area contributed by atoms with Crippen molar-refractivity contribution in [1.29, 1.82) is 0 Å². The summed E-state index contributed by atoms with van der Waals surface area (Å²) in [7, 11) is 0. The number of hydrogen-bond donors (Lipinski definition) is 1. The number of rotatable bonds is 8. The first-order chi connectivity index (χ1) is 13.1. The van der Waals surface area contributed by atoms with Gasteiger partial charge in [0.2, 0.25) is 5.91 Å². The van der Waals surface area contributed by atoms with Crippen molar-refractivity contribution in [3.8, 4) is 0 Å². The Kier molecular flexibility index (Phi) is 7.04. The first-order valence-corrected chi connectivity index (χ1v) is 9.89. The fourth-order valence-corrected chi connectivity index (χ4v) is 3.68. The van der Waals surface area contributed by atoms with Crippen molar-refractivity contribution in [2.24, 2.45) is 0 Å². The van der Waals surface area contributed by atoms with E-state index in [4.69, 9.17) is 0 Å². The van der Waals surface area contributed by atoms with E-state index >= 15 is 0 Å². The van der Waals surface area contributed by atoms with Gasteiger partial charge in [-0.3, -0.25) is 4.79 Å². The van der Waals surface area contributed by atoms with E-state index in [1.54, 1.807) is 21.9 Å². The van der Waals surface area contributed by atoms with E-state index in [0.29, 0.717) is 26.2 Å². The van der Waals surface area contributed by atoms with E-state index in [2.05, 4.69) is 10.2 Å². The molecule has 7 heteroatoms. The van der Waals surface area contributed by atoms with Crippen LogP contribution in [0.5, 0.6) is 0 Å². The summed E-state index contributed by atoms with van der Waals surface area (Å²) in [5, 5.41) is 2.92. The van der Waals surface area contributed by atoms with E-state index in [1.165, 1.54) is 44.5 Å². The van der Waals surface area contributed by atoms with Gasteiger partial charge >= 0.3 is 6.03 Å². The minimum atomic E-state index is -0.287. The molecule has 2 saturated heterocycles. The highest BCUT2D eigenvalue weighted by molar-refractivity contribution is 5.85. The molecule has 0 atom stereocenters. The van der Waals surface area contributed by atoms with Gasteiger partial charge in [-0.1, -0.05) is 18.6 Å². The molecule has 3 rings (SSSR count). The van der Waals surface area contributed by atoms with Gasteiger partial charge in [-0.25, -0.2) is 9.18 Å². The maximum absolute atomic E-state index is 13.0. The fourth-order valence-electron chi connectivity index (χ4n) is 3.68. The molecule has 2 aliphatic heterocycles. The first-order valence-electron chi connectivity index (χ1n) is 9.89. The molecular formula is C20H29FN4O2. The number of benzene rings is 1. The highest BCUT2D eigenvalue weighted by Crippen LogP contribution is 2.14. The van der Waals surface area contributed by atoms with Crippen LogP contribution in [-0.4, -0.2) is 72.5 Å². The molecule has 0 saturated carbocycles. The first kappa shape index (κ1) is 19.6. The van der Waals surface area contributed by atoms with Gasteiger partial charge in [0, 0.05) is 26.2 Å². The predicted octanol–water partition coefficient (Wildman–Crippen LogP) is 2.06. The lowest BCUT2D eigenvalue weighted by molar-refractivity contribution is -0.121. The average Bonchev–Trinajstić information content (AvgIpc) is 3.01. The molecule has 2 fully saturated rings. The Labute approximate surface area is 160 Å². The summed E-state index contributed by atoms with van der Waals surface area (Å²) < 4.78 is 13.0. The summed E-state index contributed by atoms with van der Waals surface area (Å²) in [5.74, 6) is -0.393. The molecule has 0 aliphatic carbocycles. The molecule has 27 heavy (non-hydrogen) atoms. The van der Waals surface area contributed by atoms with Gasteiger partial charge < -0.3 is 20.0 Å². The lowest BCUT2D eigenvalue weighted by Crippen LogP contribution is -2.40. The maximum atomic E-state index is 13.0. The van der Waals surface area contributed by atoms with Gasteiger partial charge in [0.1, 0.15) is 12.4 Å². The number of amides is 3. The molecule has 2 heterocycles. The van der Waals surface area contributed by atoms with Crippen LogP contribution in [0.15, 0.2) is 24.3 Å². The summed E-state index contributed by atoms with van der Waals surface area (Å²) in [5.41, 5.74) is 0.883.